The molecule has 3 aromatic rings. The molecular formula is C17H11F6N. The number of hydrogen-bond acceptors (Lipinski definition) is 0. The van der Waals surface area contributed by atoms with E-state index in [4.69, 9.17) is 0 Å². The van der Waals surface area contributed by atoms with Crippen molar-refractivity contribution in [3.8, 4) is 0 Å². The van der Waals surface area contributed by atoms with Gasteiger partial charge >= 0.3 is 12.4 Å². The number of fused-ring (bicyclic) bond motifs is 1. The minimum absolute atomic E-state index is 0.192. The molecule has 0 saturated heterocycles. The summed E-state index contributed by atoms with van der Waals surface area (Å²) in [6.45, 7) is 0. The third-order valence-corrected chi connectivity index (χ3v) is 3.74. The van der Waals surface area contributed by atoms with E-state index >= 15 is 0 Å². The van der Waals surface area contributed by atoms with E-state index in [1.54, 1.807) is 24.3 Å². The molecule has 0 aliphatic heterocycles. The summed E-state index contributed by atoms with van der Waals surface area (Å²) >= 11 is 0. The van der Waals surface area contributed by atoms with Crippen molar-refractivity contribution in [1.82, 2.24) is 4.98 Å². The van der Waals surface area contributed by atoms with Gasteiger partial charge in [0.15, 0.2) is 0 Å². The van der Waals surface area contributed by atoms with Crippen LogP contribution in [0.3, 0.4) is 0 Å². The molecule has 24 heavy (non-hydrogen) atoms. The topological polar surface area (TPSA) is 15.8 Å². The minimum atomic E-state index is -4.73. The molecule has 1 atom stereocenters. The highest BCUT2D eigenvalue weighted by Crippen LogP contribution is 2.42. The monoisotopic (exact) mass is 343 g/mol. The SMILES string of the molecule is FC(F)(F)c1cccc(C(c2cc3ccccc3[nH]2)C(F)(F)F)c1. The molecule has 3 rings (SSSR count). The summed E-state index contributed by atoms with van der Waals surface area (Å²) in [5.74, 6) is -2.16. The Morgan fingerprint density at radius 3 is 2.12 bits per heavy atom. The van der Waals surface area contributed by atoms with Gasteiger partial charge in [-0.3, -0.25) is 0 Å². The first-order chi connectivity index (χ1) is 11.2. The number of para-hydroxylation sites is 1. The van der Waals surface area contributed by atoms with Crippen LogP contribution in [-0.2, 0) is 6.18 Å². The van der Waals surface area contributed by atoms with Crippen LogP contribution in [0, 0.1) is 0 Å². The molecule has 1 unspecified atom stereocenters. The summed E-state index contributed by atoms with van der Waals surface area (Å²) in [6, 6.07) is 11.2. The van der Waals surface area contributed by atoms with E-state index in [-0.39, 0.29) is 5.69 Å². The summed E-state index contributed by atoms with van der Waals surface area (Å²) in [5, 5.41) is 0.564. The zero-order valence-corrected chi connectivity index (χ0v) is 12.0. The van der Waals surface area contributed by atoms with Gasteiger partial charge in [0, 0.05) is 11.2 Å². The fourth-order valence-electron chi connectivity index (χ4n) is 2.69. The first kappa shape index (κ1) is 16.4. The molecule has 0 bridgehead atoms. The molecule has 2 aromatic carbocycles. The quantitative estimate of drug-likeness (QED) is 0.559. The number of alkyl halides is 6. The van der Waals surface area contributed by atoms with Gasteiger partial charge in [0.2, 0.25) is 0 Å². The van der Waals surface area contributed by atoms with E-state index in [1.165, 1.54) is 6.07 Å². The number of rotatable bonds is 2. The lowest BCUT2D eigenvalue weighted by Crippen LogP contribution is -2.23. The van der Waals surface area contributed by atoms with Crippen molar-refractivity contribution in [3.05, 3.63) is 71.4 Å². The van der Waals surface area contributed by atoms with Crippen LogP contribution < -0.4 is 0 Å². The first-order valence-corrected chi connectivity index (χ1v) is 6.98. The number of aromatic amines is 1. The van der Waals surface area contributed by atoms with Gasteiger partial charge in [-0.05, 0) is 29.1 Å². The van der Waals surface area contributed by atoms with Gasteiger partial charge in [-0.15, -0.1) is 0 Å². The first-order valence-electron chi connectivity index (χ1n) is 6.98. The van der Waals surface area contributed by atoms with E-state index in [0.29, 0.717) is 17.0 Å². The molecule has 1 nitrogen and oxygen atoms in total. The van der Waals surface area contributed by atoms with Gasteiger partial charge in [-0.25, -0.2) is 0 Å². The molecule has 0 aliphatic rings. The summed E-state index contributed by atoms with van der Waals surface area (Å²) in [5.41, 5.74) is -1.26. The van der Waals surface area contributed by atoms with E-state index in [2.05, 4.69) is 4.98 Å². The molecule has 0 aliphatic carbocycles. The number of nitrogens with one attached hydrogen (secondary N) is 1. The Kier molecular flexibility index (Phi) is 3.81. The standard InChI is InChI=1S/C17H11F6N/c18-16(19,20)12-6-3-5-11(8-12)15(17(21,22)23)14-9-10-4-1-2-7-13(10)24-14/h1-9,15,24H. The second-order valence-electron chi connectivity index (χ2n) is 5.41. The summed E-state index contributed by atoms with van der Waals surface area (Å²) in [6.07, 6.45) is -9.43. The molecule has 126 valence electrons. The highest BCUT2D eigenvalue weighted by atomic mass is 19.4. The van der Waals surface area contributed by atoms with E-state index in [0.717, 1.165) is 18.2 Å². The van der Waals surface area contributed by atoms with Crippen LogP contribution in [0.2, 0.25) is 0 Å². The molecule has 1 heterocycles. The van der Waals surface area contributed by atoms with Crippen molar-refractivity contribution in [2.45, 2.75) is 18.3 Å². The third kappa shape index (κ3) is 3.11. The number of halogens is 6. The fourth-order valence-corrected chi connectivity index (χ4v) is 2.69. The number of hydrogen-bond donors (Lipinski definition) is 1. The zero-order valence-electron chi connectivity index (χ0n) is 12.0. The predicted molar refractivity (Wildman–Crippen MR) is 77.6 cm³/mol. The van der Waals surface area contributed by atoms with Crippen LogP contribution in [0.5, 0.6) is 0 Å². The Morgan fingerprint density at radius 1 is 0.792 bits per heavy atom. The number of aromatic nitrogens is 1. The zero-order chi connectivity index (χ0) is 17.5. The normalized spacial score (nSPS) is 14.1. The molecule has 0 spiro atoms. The van der Waals surface area contributed by atoms with Gasteiger partial charge in [0.1, 0.15) is 5.92 Å². The van der Waals surface area contributed by atoms with Crippen molar-refractivity contribution in [2.75, 3.05) is 0 Å². The molecule has 0 fully saturated rings. The van der Waals surface area contributed by atoms with E-state index < -0.39 is 29.4 Å². The van der Waals surface area contributed by atoms with Crippen LogP contribution in [-0.4, -0.2) is 11.2 Å². The Labute approximate surface area is 132 Å². The predicted octanol–water partition coefficient (Wildman–Crippen LogP) is 5.88. The Bertz CT molecular complexity index is 826. The largest absolute Gasteiger partial charge is 0.416 e. The van der Waals surface area contributed by atoms with E-state index in [9.17, 15) is 26.3 Å². The van der Waals surface area contributed by atoms with Crippen LogP contribution in [0.15, 0.2) is 54.6 Å². The lowest BCUT2D eigenvalue weighted by atomic mass is 9.93. The number of benzene rings is 2. The molecule has 1 N–H and O–H groups in total. The average molecular weight is 343 g/mol. The Morgan fingerprint density at radius 2 is 1.50 bits per heavy atom. The fraction of sp³-hybridized carbons (Fsp3) is 0.176. The molecular weight excluding hydrogens is 332 g/mol. The number of H-pyrrole nitrogens is 1. The van der Waals surface area contributed by atoms with Gasteiger partial charge in [0.25, 0.3) is 0 Å². The second kappa shape index (κ2) is 5.58. The Balaban J connectivity index is 2.14. The maximum atomic E-state index is 13.5. The minimum Gasteiger partial charge on any atom is -0.358 e. The maximum Gasteiger partial charge on any atom is 0.416 e. The molecule has 0 saturated carbocycles. The Hall–Kier alpha value is -2.44. The smallest absolute Gasteiger partial charge is 0.358 e. The third-order valence-electron chi connectivity index (χ3n) is 3.74. The molecule has 1 aromatic heterocycles. The summed E-state index contributed by atoms with van der Waals surface area (Å²) in [7, 11) is 0. The lowest BCUT2D eigenvalue weighted by Gasteiger charge is -2.21. The van der Waals surface area contributed by atoms with Crippen molar-refractivity contribution in [1.29, 1.82) is 0 Å². The lowest BCUT2D eigenvalue weighted by molar-refractivity contribution is -0.144. The van der Waals surface area contributed by atoms with Gasteiger partial charge in [-0.1, -0.05) is 36.4 Å². The second-order valence-corrected chi connectivity index (χ2v) is 5.41. The highest BCUT2D eigenvalue weighted by Gasteiger charge is 2.43. The van der Waals surface area contributed by atoms with Crippen molar-refractivity contribution >= 4 is 10.9 Å². The van der Waals surface area contributed by atoms with Crippen LogP contribution in [0.25, 0.3) is 10.9 Å². The van der Waals surface area contributed by atoms with Crippen LogP contribution in [0.1, 0.15) is 22.7 Å². The maximum absolute atomic E-state index is 13.5. The van der Waals surface area contributed by atoms with Crippen LogP contribution in [0.4, 0.5) is 26.3 Å². The average Bonchev–Trinajstić information content (AvgIpc) is 2.88. The van der Waals surface area contributed by atoms with Gasteiger partial charge < -0.3 is 4.98 Å². The molecule has 7 heteroatoms. The molecule has 0 radical (unpaired) electrons. The highest BCUT2D eigenvalue weighted by molar-refractivity contribution is 5.80. The molecule has 0 amide bonds. The van der Waals surface area contributed by atoms with Crippen LogP contribution >= 0.6 is 0 Å². The van der Waals surface area contributed by atoms with Gasteiger partial charge in [-0.2, -0.15) is 26.3 Å². The van der Waals surface area contributed by atoms with Gasteiger partial charge in [0.05, 0.1) is 5.56 Å². The van der Waals surface area contributed by atoms with Crippen molar-refractivity contribution in [3.63, 3.8) is 0 Å². The van der Waals surface area contributed by atoms with E-state index in [1.807, 2.05) is 0 Å². The van der Waals surface area contributed by atoms with Crippen molar-refractivity contribution in [2.24, 2.45) is 0 Å². The summed E-state index contributed by atoms with van der Waals surface area (Å²) < 4.78 is 79.1. The summed E-state index contributed by atoms with van der Waals surface area (Å²) in [4.78, 5) is 2.66. The van der Waals surface area contributed by atoms with Crippen molar-refractivity contribution < 1.29 is 26.3 Å².